The number of thiophene rings is 2. The molecule has 0 saturated heterocycles. The van der Waals surface area contributed by atoms with Gasteiger partial charge in [-0.1, -0.05) is 109 Å². The van der Waals surface area contributed by atoms with Crippen molar-refractivity contribution in [2.24, 2.45) is 0 Å². The van der Waals surface area contributed by atoms with Crippen molar-refractivity contribution < 1.29 is 0 Å². The zero-order chi connectivity index (χ0) is 33.5. The average Bonchev–Trinajstić information content (AvgIpc) is 3.86. The molecule has 51 heavy (non-hydrogen) atoms. The smallest absolute Gasteiger partial charge is 0.164 e. The second-order valence-corrected chi connectivity index (χ2v) is 15.0. The molecule has 0 N–H and O–H groups in total. The number of nitrogens with zero attached hydrogens (tertiary/aromatic N) is 4. The minimum Gasteiger partial charge on any atom is -0.308 e. The predicted octanol–water partition coefficient (Wildman–Crippen LogP) is 12.7. The second kappa shape index (κ2) is 11.2. The molecule has 4 aromatic heterocycles. The van der Waals surface area contributed by atoms with E-state index in [-0.39, 0.29) is 0 Å². The number of hydrogen-bond acceptors (Lipinski definition) is 5. The van der Waals surface area contributed by atoms with E-state index in [1.807, 2.05) is 83.3 Å². The molecule has 11 aromatic rings. The molecule has 0 bridgehead atoms. The Morgan fingerprint density at radius 2 is 0.882 bits per heavy atom. The SMILES string of the molecule is c1ccc(-c2nc(-c3ccccc3)nc(-c3ccc4sc5cc6sc7c(-n8c9ccccc9c9ccccc98)cccc7c6cc5c4c3)n2)cc1. The van der Waals surface area contributed by atoms with Gasteiger partial charge in [-0.25, -0.2) is 15.0 Å². The fourth-order valence-electron chi connectivity index (χ4n) is 7.49. The topological polar surface area (TPSA) is 43.6 Å². The minimum atomic E-state index is 0.667. The molecular weight excluding hydrogens is 661 g/mol. The van der Waals surface area contributed by atoms with E-state index < -0.39 is 0 Å². The number of hydrogen-bond donors (Lipinski definition) is 0. The first-order valence-corrected chi connectivity index (χ1v) is 18.6. The Labute approximate surface area is 300 Å². The van der Waals surface area contributed by atoms with Gasteiger partial charge in [0.05, 0.1) is 21.4 Å². The molecule has 0 aliphatic carbocycles. The number of rotatable bonds is 4. The summed E-state index contributed by atoms with van der Waals surface area (Å²) in [5, 5.41) is 7.59. The third-order valence-corrected chi connectivity index (χ3v) is 12.2. The molecule has 0 radical (unpaired) electrons. The van der Waals surface area contributed by atoms with E-state index in [1.54, 1.807) is 0 Å². The van der Waals surface area contributed by atoms with Gasteiger partial charge >= 0.3 is 0 Å². The normalized spacial score (nSPS) is 11.9. The summed E-state index contributed by atoms with van der Waals surface area (Å²) in [4.78, 5) is 14.9. The maximum atomic E-state index is 5.01. The van der Waals surface area contributed by atoms with Crippen molar-refractivity contribution >= 4 is 84.8 Å². The Kier molecular flexibility index (Phi) is 6.26. The van der Waals surface area contributed by atoms with Gasteiger partial charge < -0.3 is 4.57 Å². The monoisotopic (exact) mass is 686 g/mol. The fourth-order valence-corrected chi connectivity index (χ4v) is 9.90. The van der Waals surface area contributed by atoms with Crippen LogP contribution in [0.4, 0.5) is 0 Å². The maximum Gasteiger partial charge on any atom is 0.164 e. The summed E-state index contributed by atoms with van der Waals surface area (Å²) in [6, 6.07) is 55.9. The van der Waals surface area contributed by atoms with Crippen molar-refractivity contribution in [2.45, 2.75) is 0 Å². The van der Waals surface area contributed by atoms with Gasteiger partial charge in [-0.05, 0) is 48.5 Å². The molecule has 7 aromatic carbocycles. The van der Waals surface area contributed by atoms with E-state index in [1.165, 1.54) is 67.8 Å². The van der Waals surface area contributed by atoms with Crippen molar-refractivity contribution in [3.8, 4) is 39.9 Å². The zero-order valence-electron chi connectivity index (χ0n) is 27.1. The van der Waals surface area contributed by atoms with E-state index >= 15 is 0 Å². The van der Waals surface area contributed by atoms with Crippen LogP contribution in [0.25, 0.3) is 102 Å². The molecule has 0 amide bonds. The van der Waals surface area contributed by atoms with Crippen molar-refractivity contribution in [3.63, 3.8) is 0 Å². The molecule has 0 unspecified atom stereocenters. The fraction of sp³-hybridized carbons (Fsp3) is 0. The highest BCUT2D eigenvalue weighted by atomic mass is 32.1. The summed E-state index contributed by atoms with van der Waals surface area (Å²) in [5.74, 6) is 2.00. The van der Waals surface area contributed by atoms with Crippen molar-refractivity contribution in [1.29, 1.82) is 0 Å². The lowest BCUT2D eigenvalue weighted by Gasteiger charge is -2.09. The van der Waals surface area contributed by atoms with Gasteiger partial charge in [0.15, 0.2) is 17.5 Å². The molecule has 238 valence electrons. The molecule has 0 aliphatic rings. The average molecular weight is 687 g/mol. The van der Waals surface area contributed by atoms with Gasteiger partial charge in [-0.3, -0.25) is 0 Å². The lowest BCUT2D eigenvalue weighted by atomic mass is 10.1. The number of fused-ring (bicyclic) bond motifs is 9. The first kappa shape index (κ1) is 28.6. The van der Waals surface area contributed by atoms with Gasteiger partial charge in [-0.15, -0.1) is 22.7 Å². The zero-order valence-corrected chi connectivity index (χ0v) is 28.7. The van der Waals surface area contributed by atoms with Gasteiger partial charge in [-0.2, -0.15) is 0 Å². The Balaban J connectivity index is 1.11. The Morgan fingerprint density at radius 1 is 0.353 bits per heavy atom. The predicted molar refractivity (Wildman–Crippen MR) is 216 cm³/mol. The first-order valence-electron chi connectivity index (χ1n) is 16.9. The van der Waals surface area contributed by atoms with E-state index in [9.17, 15) is 0 Å². The maximum absolute atomic E-state index is 5.01. The van der Waals surface area contributed by atoms with Gasteiger partial charge in [0, 0.05) is 63.1 Å². The third-order valence-electron chi connectivity index (χ3n) is 9.85. The van der Waals surface area contributed by atoms with Crippen LogP contribution in [0.1, 0.15) is 0 Å². The molecule has 6 heteroatoms. The van der Waals surface area contributed by atoms with Gasteiger partial charge in [0.1, 0.15) is 0 Å². The highest BCUT2D eigenvalue weighted by molar-refractivity contribution is 7.28. The lowest BCUT2D eigenvalue weighted by Crippen LogP contribution is -2.00. The number of para-hydroxylation sites is 2. The van der Waals surface area contributed by atoms with Crippen LogP contribution >= 0.6 is 22.7 Å². The summed E-state index contributed by atoms with van der Waals surface area (Å²) in [7, 11) is 0. The highest BCUT2D eigenvalue weighted by Gasteiger charge is 2.18. The van der Waals surface area contributed by atoms with Gasteiger partial charge in [0.2, 0.25) is 0 Å². The van der Waals surface area contributed by atoms with E-state index in [0.717, 1.165) is 16.7 Å². The molecule has 0 saturated carbocycles. The van der Waals surface area contributed by atoms with Crippen LogP contribution in [-0.2, 0) is 0 Å². The van der Waals surface area contributed by atoms with E-state index in [4.69, 9.17) is 15.0 Å². The third kappa shape index (κ3) is 4.47. The van der Waals surface area contributed by atoms with Crippen LogP contribution in [0.3, 0.4) is 0 Å². The van der Waals surface area contributed by atoms with Crippen molar-refractivity contribution in [2.75, 3.05) is 0 Å². The summed E-state index contributed by atoms with van der Waals surface area (Å²) in [6.45, 7) is 0. The molecule has 11 rings (SSSR count). The van der Waals surface area contributed by atoms with Crippen molar-refractivity contribution in [1.82, 2.24) is 19.5 Å². The van der Waals surface area contributed by atoms with E-state index in [0.29, 0.717) is 17.5 Å². The highest BCUT2D eigenvalue weighted by Crippen LogP contribution is 2.45. The molecule has 0 aliphatic heterocycles. The van der Waals surface area contributed by atoms with Crippen LogP contribution in [0, 0.1) is 0 Å². The molecule has 4 nitrogen and oxygen atoms in total. The van der Waals surface area contributed by atoms with Crippen LogP contribution < -0.4 is 0 Å². The first-order chi connectivity index (χ1) is 25.3. The Hall–Kier alpha value is -6.21. The Bertz CT molecular complexity index is 3030. The molecule has 0 atom stereocenters. The molecule has 4 heterocycles. The standard InChI is InChI=1S/C45H26N4S2/c1-3-12-27(13-4-1)43-46-44(28-14-5-2-6-15-28)48-45(47-43)29-22-23-39-33(24-29)35-25-34-32-18-11-21-38(42(32)51-41(34)26-40(35)50-39)49-36-19-9-7-16-30(36)31-17-8-10-20-37(31)49/h1-26H. The number of benzene rings is 7. The molecule has 0 spiro atoms. The minimum absolute atomic E-state index is 0.667. The molecule has 0 fully saturated rings. The summed E-state index contributed by atoms with van der Waals surface area (Å²) in [5.41, 5.74) is 6.59. The van der Waals surface area contributed by atoms with Crippen LogP contribution in [0.2, 0.25) is 0 Å². The summed E-state index contributed by atoms with van der Waals surface area (Å²) < 4.78 is 7.57. The van der Waals surface area contributed by atoms with Crippen LogP contribution in [-0.4, -0.2) is 19.5 Å². The summed E-state index contributed by atoms with van der Waals surface area (Å²) in [6.07, 6.45) is 0. The summed E-state index contributed by atoms with van der Waals surface area (Å²) >= 11 is 3.73. The van der Waals surface area contributed by atoms with Crippen LogP contribution in [0.15, 0.2) is 158 Å². The lowest BCUT2D eigenvalue weighted by molar-refractivity contribution is 1.07. The molecular formula is C45H26N4S2. The Morgan fingerprint density at radius 3 is 1.55 bits per heavy atom. The largest absolute Gasteiger partial charge is 0.308 e. The quantitative estimate of drug-likeness (QED) is 0.185. The van der Waals surface area contributed by atoms with Gasteiger partial charge in [0.25, 0.3) is 0 Å². The van der Waals surface area contributed by atoms with E-state index in [2.05, 4.69) is 102 Å². The number of aromatic nitrogens is 4. The van der Waals surface area contributed by atoms with Crippen molar-refractivity contribution in [3.05, 3.63) is 158 Å². The second-order valence-electron chi connectivity index (χ2n) is 12.8. The van der Waals surface area contributed by atoms with Crippen LogP contribution in [0.5, 0.6) is 0 Å².